The highest BCUT2D eigenvalue weighted by Gasteiger charge is 2.04. The third-order valence-electron chi connectivity index (χ3n) is 2.79. The van der Waals surface area contributed by atoms with E-state index in [2.05, 4.69) is 15.3 Å². The normalized spacial score (nSPS) is 10.8. The number of aromatic amines is 1. The maximum Gasteiger partial charge on any atom is 0.255 e. The van der Waals surface area contributed by atoms with Gasteiger partial charge in [-0.1, -0.05) is 17.7 Å². The molecule has 0 bridgehead atoms. The molecule has 1 aromatic carbocycles. The van der Waals surface area contributed by atoms with Crippen LogP contribution >= 0.6 is 22.9 Å². The molecule has 0 amide bonds. The van der Waals surface area contributed by atoms with Crippen molar-refractivity contribution in [2.24, 2.45) is 0 Å². The largest absolute Gasteiger partial charge is 0.380 e. The van der Waals surface area contributed by atoms with Crippen molar-refractivity contribution in [2.75, 3.05) is 5.32 Å². The third-order valence-corrected chi connectivity index (χ3v) is 3.91. The zero-order valence-corrected chi connectivity index (χ0v) is 11.4. The van der Waals surface area contributed by atoms with Gasteiger partial charge < -0.3 is 10.3 Å². The summed E-state index contributed by atoms with van der Waals surface area (Å²) in [4.78, 5) is 19.4. The molecule has 6 heteroatoms. The Kier molecular flexibility index (Phi) is 3.23. The van der Waals surface area contributed by atoms with E-state index in [4.69, 9.17) is 11.6 Å². The summed E-state index contributed by atoms with van der Waals surface area (Å²) >= 11 is 7.23. The number of aromatic nitrogens is 2. The Morgan fingerprint density at radius 3 is 3.00 bits per heavy atom. The maximum absolute atomic E-state index is 11.7. The Morgan fingerprint density at radius 1 is 1.32 bits per heavy atom. The van der Waals surface area contributed by atoms with E-state index in [1.807, 2.05) is 24.3 Å². The minimum absolute atomic E-state index is 0.0815. The van der Waals surface area contributed by atoms with Gasteiger partial charge in [-0.3, -0.25) is 4.79 Å². The van der Waals surface area contributed by atoms with Gasteiger partial charge in [-0.05, 0) is 18.2 Å². The molecule has 0 fully saturated rings. The number of fused-ring (bicyclic) bond motifs is 1. The van der Waals surface area contributed by atoms with Crippen molar-refractivity contribution < 1.29 is 0 Å². The SMILES string of the molecule is O=c1[nH]ccc2c(NCc3cnc(Cl)s3)cccc12. The van der Waals surface area contributed by atoms with Crippen molar-refractivity contribution >= 4 is 39.4 Å². The van der Waals surface area contributed by atoms with Crippen molar-refractivity contribution in [3.63, 3.8) is 0 Å². The minimum Gasteiger partial charge on any atom is -0.380 e. The van der Waals surface area contributed by atoms with E-state index in [1.165, 1.54) is 11.3 Å². The van der Waals surface area contributed by atoms with E-state index in [9.17, 15) is 4.79 Å². The summed E-state index contributed by atoms with van der Waals surface area (Å²) in [5, 5.41) is 4.88. The van der Waals surface area contributed by atoms with Gasteiger partial charge in [0.1, 0.15) is 0 Å². The predicted octanol–water partition coefficient (Wildman–Crippen LogP) is 3.25. The number of hydrogen-bond donors (Lipinski definition) is 2. The lowest BCUT2D eigenvalue weighted by atomic mass is 10.1. The molecular weight excluding hydrogens is 282 g/mol. The number of benzene rings is 1. The van der Waals surface area contributed by atoms with Gasteiger partial charge in [0.15, 0.2) is 4.47 Å². The highest BCUT2D eigenvalue weighted by atomic mass is 35.5. The molecule has 2 aromatic heterocycles. The molecule has 96 valence electrons. The predicted molar refractivity (Wildman–Crippen MR) is 79.0 cm³/mol. The summed E-state index contributed by atoms with van der Waals surface area (Å²) in [6.07, 6.45) is 3.40. The smallest absolute Gasteiger partial charge is 0.255 e. The average Bonchev–Trinajstić information content (AvgIpc) is 2.83. The van der Waals surface area contributed by atoms with Crippen LogP contribution in [0.1, 0.15) is 4.88 Å². The molecular formula is C13H10ClN3OS. The van der Waals surface area contributed by atoms with Crippen molar-refractivity contribution in [3.8, 4) is 0 Å². The number of anilines is 1. The van der Waals surface area contributed by atoms with Gasteiger partial charge in [-0.25, -0.2) is 4.98 Å². The standard InChI is InChI=1S/C13H10ClN3OS/c14-13-17-7-8(19-13)6-16-11-3-1-2-10-9(11)4-5-15-12(10)18/h1-5,7,16H,6H2,(H,15,18). The van der Waals surface area contributed by atoms with Crippen LogP contribution in [0.4, 0.5) is 5.69 Å². The highest BCUT2D eigenvalue weighted by Crippen LogP contribution is 2.23. The molecule has 2 N–H and O–H groups in total. The van der Waals surface area contributed by atoms with Gasteiger partial charge in [0.25, 0.3) is 5.56 Å². The van der Waals surface area contributed by atoms with Crippen LogP contribution in [0.3, 0.4) is 0 Å². The third kappa shape index (κ3) is 2.47. The van der Waals surface area contributed by atoms with Crippen molar-refractivity contribution in [2.45, 2.75) is 6.54 Å². The van der Waals surface area contributed by atoms with Gasteiger partial charge in [-0.15, -0.1) is 11.3 Å². The first-order valence-electron chi connectivity index (χ1n) is 5.68. The fraction of sp³-hybridized carbons (Fsp3) is 0.0769. The molecule has 4 nitrogen and oxygen atoms in total. The molecule has 0 unspecified atom stereocenters. The second kappa shape index (κ2) is 5.03. The first kappa shape index (κ1) is 12.2. The van der Waals surface area contributed by atoms with Crippen LogP contribution in [0.5, 0.6) is 0 Å². The fourth-order valence-corrected chi connectivity index (χ4v) is 2.84. The number of nitrogens with zero attached hydrogens (tertiary/aromatic N) is 1. The number of H-pyrrole nitrogens is 1. The van der Waals surface area contributed by atoms with E-state index < -0.39 is 0 Å². The van der Waals surface area contributed by atoms with Crippen molar-refractivity contribution in [3.05, 3.63) is 56.4 Å². The van der Waals surface area contributed by atoms with Gasteiger partial charge in [0, 0.05) is 33.7 Å². The molecule has 0 saturated carbocycles. The first-order chi connectivity index (χ1) is 9.24. The van der Waals surface area contributed by atoms with E-state index in [0.29, 0.717) is 16.4 Å². The molecule has 0 atom stereocenters. The number of pyridine rings is 1. The molecule has 2 heterocycles. The number of halogens is 1. The molecule has 3 rings (SSSR count). The molecule has 0 saturated heterocycles. The van der Waals surface area contributed by atoms with Crippen molar-refractivity contribution in [1.29, 1.82) is 0 Å². The molecule has 19 heavy (non-hydrogen) atoms. The van der Waals surface area contributed by atoms with Gasteiger partial charge >= 0.3 is 0 Å². The zero-order chi connectivity index (χ0) is 13.2. The lowest BCUT2D eigenvalue weighted by Crippen LogP contribution is -2.06. The molecule has 0 aliphatic rings. The van der Waals surface area contributed by atoms with Crippen LogP contribution in [0.25, 0.3) is 10.8 Å². The molecule has 0 radical (unpaired) electrons. The molecule has 0 aliphatic carbocycles. The van der Waals surface area contributed by atoms with E-state index in [0.717, 1.165) is 16.0 Å². The summed E-state index contributed by atoms with van der Waals surface area (Å²) in [5.74, 6) is 0. The maximum atomic E-state index is 11.7. The Hall–Kier alpha value is -1.85. The fourth-order valence-electron chi connectivity index (χ4n) is 1.92. The van der Waals surface area contributed by atoms with Gasteiger partial charge in [0.05, 0.1) is 6.54 Å². The van der Waals surface area contributed by atoms with Gasteiger partial charge in [-0.2, -0.15) is 0 Å². The van der Waals surface area contributed by atoms with Crippen LogP contribution in [0, 0.1) is 0 Å². The second-order valence-electron chi connectivity index (χ2n) is 4.01. The molecule has 3 aromatic rings. The first-order valence-corrected chi connectivity index (χ1v) is 6.88. The Balaban J connectivity index is 1.93. The number of thiazole rings is 1. The monoisotopic (exact) mass is 291 g/mol. The number of hydrogen-bond acceptors (Lipinski definition) is 4. The summed E-state index contributed by atoms with van der Waals surface area (Å²) in [6, 6.07) is 7.51. The van der Waals surface area contributed by atoms with Crippen LogP contribution in [0.15, 0.2) is 41.5 Å². The summed E-state index contributed by atoms with van der Waals surface area (Å²) in [7, 11) is 0. The number of nitrogens with one attached hydrogen (secondary N) is 2. The van der Waals surface area contributed by atoms with E-state index in [1.54, 1.807) is 12.4 Å². The quantitative estimate of drug-likeness (QED) is 0.779. The lowest BCUT2D eigenvalue weighted by molar-refractivity contribution is 1.18. The number of rotatable bonds is 3. The van der Waals surface area contributed by atoms with E-state index >= 15 is 0 Å². The lowest BCUT2D eigenvalue weighted by Gasteiger charge is -2.07. The molecule has 0 aliphatic heterocycles. The topological polar surface area (TPSA) is 57.8 Å². The van der Waals surface area contributed by atoms with Crippen LogP contribution in [-0.4, -0.2) is 9.97 Å². The summed E-state index contributed by atoms with van der Waals surface area (Å²) < 4.78 is 0.533. The Morgan fingerprint density at radius 2 is 2.21 bits per heavy atom. The summed E-state index contributed by atoms with van der Waals surface area (Å²) in [6.45, 7) is 0.635. The average molecular weight is 292 g/mol. The van der Waals surface area contributed by atoms with Gasteiger partial charge in [0.2, 0.25) is 0 Å². The van der Waals surface area contributed by atoms with Crippen molar-refractivity contribution in [1.82, 2.24) is 9.97 Å². The van der Waals surface area contributed by atoms with Crippen LogP contribution in [-0.2, 0) is 6.54 Å². The Bertz CT molecular complexity index is 781. The highest BCUT2D eigenvalue weighted by molar-refractivity contribution is 7.15. The van der Waals surface area contributed by atoms with Crippen LogP contribution < -0.4 is 10.9 Å². The molecule has 0 spiro atoms. The van der Waals surface area contributed by atoms with E-state index in [-0.39, 0.29) is 5.56 Å². The van der Waals surface area contributed by atoms with Crippen LogP contribution in [0.2, 0.25) is 4.47 Å². The zero-order valence-electron chi connectivity index (χ0n) is 9.81. The Labute approximate surface area is 118 Å². The minimum atomic E-state index is -0.0815. The summed E-state index contributed by atoms with van der Waals surface area (Å²) in [5.41, 5.74) is 0.843. The second-order valence-corrected chi connectivity index (χ2v) is 5.70.